The Hall–Kier alpha value is -2.57. The highest BCUT2D eigenvalue weighted by Gasteiger charge is 2.20. The summed E-state index contributed by atoms with van der Waals surface area (Å²) in [6, 6.07) is 0. The Labute approximate surface area is 591 Å². The molecule has 95 heavy (non-hydrogen) atoms. The molecule has 12 heteroatoms. The van der Waals surface area contributed by atoms with Gasteiger partial charge in [-0.05, 0) is 89.9 Å². The van der Waals surface area contributed by atoms with Gasteiger partial charge in [-0.1, -0.05) is 349 Å². The second-order valence-electron chi connectivity index (χ2n) is 29.5. The van der Waals surface area contributed by atoms with E-state index in [0.29, 0.717) is 52.1 Å². The monoisotopic (exact) mass is 1340 g/mol. The standard InChI is InChI=1S/C83H165N7O5/c1-6-11-16-21-26-31-36-41-48-55-64-84-74-79(91)75-89(71-62-63-78(72-80(92)85-65-56-49-42-37-32-27-22-17-12-7-2)73-81(93)86-66-57-50-43-38-33-28-23-18-13-8-3)69-60-53-46-47-54-61-70-90(76-82(94)87-67-58-51-44-39-34-29-24-19-14-9-4)77-83(95)88-68-59-52-45-40-35-30-25-20-15-10-5/h78,84H,6-77H2,1-5H3,(H,85,92)(H,86,93)(H,87,94)(H,88,95). The summed E-state index contributed by atoms with van der Waals surface area (Å²) < 4.78 is 0. The summed E-state index contributed by atoms with van der Waals surface area (Å²) in [5.74, 6) is 0.347. The Kier molecular flexibility index (Phi) is 75.1. The summed E-state index contributed by atoms with van der Waals surface area (Å²) in [7, 11) is 0. The molecule has 0 unspecified atom stereocenters. The van der Waals surface area contributed by atoms with E-state index in [1.54, 1.807) is 0 Å². The van der Waals surface area contributed by atoms with Crippen LogP contribution in [0.15, 0.2) is 0 Å². The summed E-state index contributed by atoms with van der Waals surface area (Å²) in [4.78, 5) is 71.6. The minimum Gasteiger partial charge on any atom is -0.356 e. The quantitative estimate of drug-likeness (QED) is 0.0378. The zero-order valence-electron chi connectivity index (χ0n) is 64.4. The van der Waals surface area contributed by atoms with Crippen LogP contribution in [0.2, 0.25) is 0 Å². The van der Waals surface area contributed by atoms with Crippen molar-refractivity contribution in [1.29, 1.82) is 0 Å². The van der Waals surface area contributed by atoms with Crippen LogP contribution in [0.1, 0.15) is 420 Å². The van der Waals surface area contributed by atoms with Gasteiger partial charge in [-0.3, -0.25) is 33.8 Å². The van der Waals surface area contributed by atoms with E-state index in [1.807, 2.05) is 0 Å². The van der Waals surface area contributed by atoms with Crippen molar-refractivity contribution in [3.8, 4) is 0 Å². The predicted octanol–water partition coefficient (Wildman–Crippen LogP) is 21.3. The Morgan fingerprint density at radius 2 is 0.474 bits per heavy atom. The van der Waals surface area contributed by atoms with E-state index in [-0.39, 0.29) is 48.4 Å². The number of nitrogens with zero attached hydrogens (tertiary/aromatic N) is 2. The van der Waals surface area contributed by atoms with E-state index in [4.69, 9.17) is 0 Å². The summed E-state index contributed by atoms with van der Waals surface area (Å²) in [5.41, 5.74) is 0. The summed E-state index contributed by atoms with van der Waals surface area (Å²) >= 11 is 0. The lowest BCUT2D eigenvalue weighted by atomic mass is 9.94. The second kappa shape index (κ2) is 77.2. The average Bonchev–Trinajstić information content (AvgIpc) is 3.78. The molecule has 0 aromatic rings. The SMILES string of the molecule is CCCCCCCCCCCCNCC(=O)CN(CCCCCCCCN(CC(=O)NCCCCCCCCCCCC)CC(=O)NCCCCCCCCCCCC)CCCC(CC(=O)NCCCCCCCCCCCC)CC(=O)NCCCCCCCCCCCC. The molecule has 0 fully saturated rings. The Morgan fingerprint density at radius 1 is 0.242 bits per heavy atom. The smallest absolute Gasteiger partial charge is 0.234 e. The van der Waals surface area contributed by atoms with Gasteiger partial charge in [0.05, 0.1) is 26.2 Å². The van der Waals surface area contributed by atoms with Crippen molar-refractivity contribution in [2.45, 2.75) is 420 Å². The molecular formula is C83H165N7O5. The number of amides is 4. The van der Waals surface area contributed by atoms with Gasteiger partial charge >= 0.3 is 0 Å². The molecular weight excluding hydrogens is 1170 g/mol. The van der Waals surface area contributed by atoms with Crippen molar-refractivity contribution >= 4 is 29.4 Å². The van der Waals surface area contributed by atoms with Crippen LogP contribution in [0.4, 0.5) is 0 Å². The molecule has 0 rings (SSSR count). The van der Waals surface area contributed by atoms with Crippen molar-refractivity contribution in [2.24, 2.45) is 5.92 Å². The third-order valence-electron chi connectivity index (χ3n) is 19.8. The minimum atomic E-state index is -0.0425. The first-order valence-electron chi connectivity index (χ1n) is 42.4. The van der Waals surface area contributed by atoms with Crippen LogP contribution in [0, 0.1) is 5.92 Å². The van der Waals surface area contributed by atoms with Gasteiger partial charge in [0.2, 0.25) is 23.6 Å². The number of nitrogens with one attached hydrogen (secondary N) is 5. The van der Waals surface area contributed by atoms with Crippen LogP contribution in [-0.4, -0.2) is 118 Å². The largest absolute Gasteiger partial charge is 0.356 e. The van der Waals surface area contributed by atoms with Crippen molar-refractivity contribution in [3.63, 3.8) is 0 Å². The molecule has 0 aliphatic carbocycles. The lowest BCUT2D eigenvalue weighted by molar-refractivity contribution is -0.126. The molecule has 0 radical (unpaired) electrons. The fourth-order valence-electron chi connectivity index (χ4n) is 13.6. The maximum atomic E-state index is 13.6. The maximum Gasteiger partial charge on any atom is 0.234 e. The normalized spacial score (nSPS) is 11.6. The maximum absolute atomic E-state index is 13.6. The lowest BCUT2D eigenvalue weighted by Crippen LogP contribution is -2.43. The van der Waals surface area contributed by atoms with Gasteiger partial charge in [0.1, 0.15) is 0 Å². The molecule has 0 aromatic carbocycles. The molecule has 12 nitrogen and oxygen atoms in total. The van der Waals surface area contributed by atoms with E-state index in [0.717, 1.165) is 135 Å². The fraction of sp³-hybridized carbons (Fsp3) is 0.940. The zero-order valence-corrected chi connectivity index (χ0v) is 64.4. The zero-order chi connectivity index (χ0) is 69.1. The number of rotatable bonds is 80. The third kappa shape index (κ3) is 72.5. The first-order valence-corrected chi connectivity index (χ1v) is 42.4. The number of unbranched alkanes of at least 4 members (excludes halogenated alkanes) is 50. The number of hydrogen-bond donors (Lipinski definition) is 5. The second-order valence-corrected chi connectivity index (χ2v) is 29.5. The van der Waals surface area contributed by atoms with Gasteiger partial charge in [0.25, 0.3) is 0 Å². The summed E-state index contributed by atoms with van der Waals surface area (Å²) in [6.45, 7) is 18.7. The predicted molar refractivity (Wildman–Crippen MR) is 412 cm³/mol. The molecule has 0 saturated carbocycles. The van der Waals surface area contributed by atoms with Crippen molar-refractivity contribution in [2.75, 3.05) is 78.5 Å². The molecule has 0 bridgehead atoms. The Balaban J connectivity index is 5.59. The Bertz CT molecular complexity index is 1550. The molecule has 4 amide bonds. The van der Waals surface area contributed by atoms with Crippen LogP contribution >= 0.6 is 0 Å². The molecule has 562 valence electrons. The van der Waals surface area contributed by atoms with Crippen LogP contribution < -0.4 is 26.6 Å². The van der Waals surface area contributed by atoms with Crippen molar-refractivity contribution in [3.05, 3.63) is 0 Å². The van der Waals surface area contributed by atoms with Gasteiger partial charge in [-0.25, -0.2) is 0 Å². The molecule has 5 N–H and O–H groups in total. The molecule has 0 aliphatic rings. The minimum absolute atomic E-state index is 0.0208. The molecule has 0 saturated heterocycles. The molecule has 0 aliphatic heterocycles. The van der Waals surface area contributed by atoms with Crippen LogP contribution in [0.25, 0.3) is 0 Å². The van der Waals surface area contributed by atoms with Crippen LogP contribution in [-0.2, 0) is 24.0 Å². The van der Waals surface area contributed by atoms with E-state index in [1.165, 1.54) is 263 Å². The van der Waals surface area contributed by atoms with E-state index >= 15 is 0 Å². The first kappa shape index (κ1) is 92.4. The van der Waals surface area contributed by atoms with Gasteiger partial charge in [-0.2, -0.15) is 0 Å². The average molecular weight is 1340 g/mol. The number of carbonyl (C=O) groups is 5. The van der Waals surface area contributed by atoms with Gasteiger partial charge in [0, 0.05) is 39.0 Å². The third-order valence-corrected chi connectivity index (χ3v) is 19.8. The molecule has 0 spiro atoms. The van der Waals surface area contributed by atoms with Crippen molar-refractivity contribution in [1.82, 2.24) is 36.4 Å². The van der Waals surface area contributed by atoms with E-state index < -0.39 is 0 Å². The Morgan fingerprint density at radius 3 is 0.768 bits per heavy atom. The van der Waals surface area contributed by atoms with Gasteiger partial charge < -0.3 is 26.6 Å². The fourth-order valence-corrected chi connectivity index (χ4v) is 13.6. The lowest BCUT2D eigenvalue weighted by Gasteiger charge is -2.23. The topological polar surface area (TPSA) is 152 Å². The van der Waals surface area contributed by atoms with Crippen molar-refractivity contribution < 1.29 is 24.0 Å². The number of Topliss-reactive ketones (excluding diaryl/α,β-unsaturated/α-hetero) is 1. The highest BCUT2D eigenvalue weighted by Crippen LogP contribution is 2.20. The van der Waals surface area contributed by atoms with Gasteiger partial charge in [-0.15, -0.1) is 0 Å². The molecule has 0 atom stereocenters. The van der Waals surface area contributed by atoms with E-state index in [2.05, 4.69) is 71.0 Å². The van der Waals surface area contributed by atoms with Gasteiger partial charge in [0.15, 0.2) is 5.78 Å². The first-order chi connectivity index (χ1) is 46.7. The highest BCUT2D eigenvalue weighted by atomic mass is 16.2. The van der Waals surface area contributed by atoms with E-state index in [9.17, 15) is 24.0 Å². The van der Waals surface area contributed by atoms with Crippen LogP contribution in [0.5, 0.6) is 0 Å². The highest BCUT2D eigenvalue weighted by molar-refractivity contribution is 5.82. The summed E-state index contributed by atoms with van der Waals surface area (Å²) in [6.07, 6.45) is 72.3. The van der Waals surface area contributed by atoms with Crippen LogP contribution in [0.3, 0.4) is 0 Å². The molecule has 0 heterocycles. The summed E-state index contributed by atoms with van der Waals surface area (Å²) in [5, 5.41) is 16.3. The number of carbonyl (C=O) groups excluding carboxylic acids is 5. The number of ketones is 1. The number of hydrogen-bond acceptors (Lipinski definition) is 8. The molecule has 0 aromatic heterocycles.